The highest BCUT2D eigenvalue weighted by Gasteiger charge is 2.27. The van der Waals surface area contributed by atoms with E-state index in [4.69, 9.17) is 9.47 Å². The number of halogens is 3. The van der Waals surface area contributed by atoms with Crippen LogP contribution in [-0.4, -0.2) is 39.6 Å². The van der Waals surface area contributed by atoms with Crippen molar-refractivity contribution in [3.8, 4) is 5.75 Å². The third kappa shape index (κ3) is 7.92. The number of benzene rings is 1. The maximum Gasteiger partial charge on any atom is 0.411 e. The molecule has 6 heteroatoms. The first-order valence-electron chi connectivity index (χ1n) is 6.92. The minimum absolute atomic E-state index is 0.000643. The van der Waals surface area contributed by atoms with Crippen molar-refractivity contribution in [1.29, 1.82) is 0 Å². The summed E-state index contributed by atoms with van der Waals surface area (Å²) in [6, 6.07) is 7.52. The van der Waals surface area contributed by atoms with E-state index in [9.17, 15) is 13.2 Å². The van der Waals surface area contributed by atoms with Gasteiger partial charge in [0.25, 0.3) is 0 Å². The molecule has 0 heterocycles. The van der Waals surface area contributed by atoms with Gasteiger partial charge in [-0.15, -0.1) is 0 Å². The van der Waals surface area contributed by atoms with Crippen LogP contribution in [0.5, 0.6) is 5.75 Å². The van der Waals surface area contributed by atoms with Gasteiger partial charge in [0.1, 0.15) is 12.4 Å². The summed E-state index contributed by atoms with van der Waals surface area (Å²) in [5.74, 6) is 0.760. The Labute approximate surface area is 123 Å². The first kappa shape index (κ1) is 17.8. The van der Waals surface area contributed by atoms with E-state index in [0.717, 1.165) is 17.9 Å². The Bertz CT molecular complexity index is 393. The van der Waals surface area contributed by atoms with Crippen molar-refractivity contribution in [3.05, 3.63) is 29.8 Å². The second-order valence-electron chi connectivity index (χ2n) is 4.86. The van der Waals surface area contributed by atoms with Crippen LogP contribution in [0.25, 0.3) is 0 Å². The smallest absolute Gasteiger partial charge is 0.411 e. The van der Waals surface area contributed by atoms with Gasteiger partial charge in [-0.2, -0.15) is 13.2 Å². The molecule has 0 amide bonds. The molecule has 0 aromatic heterocycles. The lowest BCUT2D eigenvalue weighted by Crippen LogP contribution is -2.29. The maximum absolute atomic E-state index is 12.1. The first-order valence-corrected chi connectivity index (χ1v) is 6.92. The highest BCUT2D eigenvalue weighted by atomic mass is 19.4. The highest BCUT2D eigenvalue weighted by Crippen LogP contribution is 2.17. The van der Waals surface area contributed by atoms with Crippen LogP contribution >= 0.6 is 0 Å². The van der Waals surface area contributed by atoms with Crippen LogP contribution in [0.4, 0.5) is 13.2 Å². The van der Waals surface area contributed by atoms with Crippen molar-refractivity contribution >= 4 is 0 Å². The average Bonchev–Trinajstić information content (AvgIpc) is 2.44. The van der Waals surface area contributed by atoms with Crippen molar-refractivity contribution in [3.63, 3.8) is 0 Å². The summed E-state index contributed by atoms with van der Waals surface area (Å²) in [7, 11) is 1.59. The largest absolute Gasteiger partial charge is 0.497 e. The molecule has 1 aromatic rings. The van der Waals surface area contributed by atoms with Crippen LogP contribution in [0, 0.1) is 5.92 Å². The summed E-state index contributed by atoms with van der Waals surface area (Å²) >= 11 is 0. The lowest BCUT2D eigenvalue weighted by atomic mass is 10.00. The second-order valence-corrected chi connectivity index (χ2v) is 4.86. The third-order valence-corrected chi connectivity index (χ3v) is 2.99. The van der Waals surface area contributed by atoms with Crippen molar-refractivity contribution in [2.75, 3.05) is 33.4 Å². The van der Waals surface area contributed by atoms with E-state index in [0.29, 0.717) is 13.0 Å². The van der Waals surface area contributed by atoms with Crippen molar-refractivity contribution in [1.82, 2.24) is 5.32 Å². The molecule has 0 saturated heterocycles. The fourth-order valence-corrected chi connectivity index (χ4v) is 1.97. The maximum atomic E-state index is 12.1. The molecule has 21 heavy (non-hydrogen) atoms. The van der Waals surface area contributed by atoms with Crippen molar-refractivity contribution in [2.24, 2.45) is 5.92 Å². The summed E-state index contributed by atoms with van der Waals surface area (Å²) in [4.78, 5) is 0. The fraction of sp³-hybridized carbons (Fsp3) is 0.600. The van der Waals surface area contributed by atoms with E-state index in [1.807, 2.05) is 31.2 Å². The normalized spacial score (nSPS) is 13.2. The Morgan fingerprint density at radius 2 is 1.86 bits per heavy atom. The summed E-state index contributed by atoms with van der Waals surface area (Å²) in [6.07, 6.45) is -3.61. The lowest BCUT2D eigenvalue weighted by Gasteiger charge is -2.18. The lowest BCUT2D eigenvalue weighted by molar-refractivity contribution is -0.176. The first-order chi connectivity index (χ1) is 9.94. The Hall–Kier alpha value is -1.27. The van der Waals surface area contributed by atoms with Gasteiger partial charge in [-0.1, -0.05) is 19.1 Å². The minimum atomic E-state index is -4.27. The van der Waals surface area contributed by atoms with Gasteiger partial charge < -0.3 is 14.8 Å². The second kappa shape index (κ2) is 8.89. The molecule has 0 radical (unpaired) electrons. The van der Waals surface area contributed by atoms with Gasteiger partial charge in [0.2, 0.25) is 0 Å². The number of ether oxygens (including phenoxy) is 2. The van der Waals surface area contributed by atoms with Crippen LogP contribution < -0.4 is 10.1 Å². The molecule has 1 N–H and O–H groups in total. The van der Waals surface area contributed by atoms with E-state index in [-0.39, 0.29) is 12.5 Å². The monoisotopic (exact) mass is 305 g/mol. The fourth-order valence-electron chi connectivity index (χ4n) is 1.97. The predicted molar refractivity (Wildman–Crippen MR) is 75.6 cm³/mol. The Morgan fingerprint density at radius 3 is 2.38 bits per heavy atom. The van der Waals surface area contributed by atoms with Crippen molar-refractivity contribution in [2.45, 2.75) is 19.5 Å². The van der Waals surface area contributed by atoms with Crippen LogP contribution in [0.1, 0.15) is 12.5 Å². The zero-order chi connectivity index (χ0) is 15.7. The van der Waals surface area contributed by atoms with Crippen LogP contribution in [0.2, 0.25) is 0 Å². The number of methoxy groups -OCH3 is 1. The van der Waals surface area contributed by atoms with E-state index < -0.39 is 12.8 Å². The summed E-state index contributed by atoms with van der Waals surface area (Å²) in [5, 5.41) is 3.15. The Balaban J connectivity index is 2.51. The van der Waals surface area contributed by atoms with E-state index >= 15 is 0 Å². The topological polar surface area (TPSA) is 30.5 Å². The number of rotatable bonds is 9. The molecule has 0 bridgehead atoms. The van der Waals surface area contributed by atoms with Gasteiger partial charge in [-0.3, -0.25) is 0 Å². The van der Waals surface area contributed by atoms with E-state index in [2.05, 4.69) is 5.32 Å². The molecule has 0 saturated carbocycles. The van der Waals surface area contributed by atoms with Gasteiger partial charge >= 0.3 is 6.18 Å². The molecule has 1 unspecified atom stereocenters. The number of nitrogens with one attached hydrogen (secondary N) is 1. The minimum Gasteiger partial charge on any atom is -0.497 e. The van der Waals surface area contributed by atoms with Gasteiger partial charge in [-0.05, 0) is 36.6 Å². The molecule has 1 aromatic carbocycles. The molecule has 0 fully saturated rings. The average molecular weight is 305 g/mol. The predicted octanol–water partition coefficient (Wildman–Crippen LogP) is 3.04. The van der Waals surface area contributed by atoms with Gasteiger partial charge in [0.15, 0.2) is 0 Å². The van der Waals surface area contributed by atoms with Gasteiger partial charge in [0.05, 0.1) is 13.7 Å². The van der Waals surface area contributed by atoms with Crippen LogP contribution in [0.15, 0.2) is 24.3 Å². The Morgan fingerprint density at radius 1 is 1.19 bits per heavy atom. The molecule has 0 aliphatic heterocycles. The SMILES string of the molecule is CCNCC(COCC(F)(F)F)Cc1ccc(OC)cc1. The molecule has 1 rings (SSSR count). The zero-order valence-corrected chi connectivity index (χ0v) is 12.4. The molecule has 0 aliphatic carbocycles. The zero-order valence-electron chi connectivity index (χ0n) is 12.4. The summed E-state index contributed by atoms with van der Waals surface area (Å²) < 4.78 is 46.2. The standard InChI is InChI=1S/C15H22F3NO2/c1-3-19-9-13(10-21-11-15(16,17)18)8-12-4-6-14(20-2)7-5-12/h4-7,13,19H,3,8-11H2,1-2H3. The molecular weight excluding hydrogens is 283 g/mol. The molecule has 0 aliphatic rings. The molecule has 1 atom stereocenters. The molecule has 120 valence electrons. The molecule has 0 spiro atoms. The quantitative estimate of drug-likeness (QED) is 0.760. The highest BCUT2D eigenvalue weighted by molar-refractivity contribution is 5.27. The molecule has 3 nitrogen and oxygen atoms in total. The van der Waals surface area contributed by atoms with E-state index in [1.54, 1.807) is 7.11 Å². The van der Waals surface area contributed by atoms with Gasteiger partial charge in [-0.25, -0.2) is 0 Å². The van der Waals surface area contributed by atoms with E-state index in [1.165, 1.54) is 0 Å². The van der Waals surface area contributed by atoms with Crippen molar-refractivity contribution < 1.29 is 22.6 Å². The number of alkyl halides is 3. The summed E-state index contributed by atoms with van der Waals surface area (Å²) in [6.45, 7) is 2.25. The summed E-state index contributed by atoms with van der Waals surface area (Å²) in [5.41, 5.74) is 1.05. The number of hydrogen-bond acceptors (Lipinski definition) is 3. The van der Waals surface area contributed by atoms with Gasteiger partial charge in [0, 0.05) is 6.54 Å². The van der Waals surface area contributed by atoms with Crippen LogP contribution in [-0.2, 0) is 11.2 Å². The third-order valence-electron chi connectivity index (χ3n) is 2.99. The Kier molecular flexibility index (Phi) is 7.53. The number of hydrogen-bond donors (Lipinski definition) is 1. The van der Waals surface area contributed by atoms with Crippen LogP contribution in [0.3, 0.4) is 0 Å². The molecular formula is C15H22F3NO2.